The number of Topliss-reactive ketones (excluding diaryl/α,β-unsaturated/α-hetero) is 1. The molecule has 0 unspecified atom stereocenters. The summed E-state index contributed by atoms with van der Waals surface area (Å²) in [5.74, 6) is 1.80. The maximum absolute atomic E-state index is 12.4. The van der Waals surface area contributed by atoms with Crippen molar-refractivity contribution in [2.45, 2.75) is 59.0 Å². The van der Waals surface area contributed by atoms with Gasteiger partial charge in [-0.25, -0.2) is 0 Å². The summed E-state index contributed by atoms with van der Waals surface area (Å²) in [5, 5.41) is 10.7. The second-order valence-electron chi connectivity index (χ2n) is 7.67. The largest absolute Gasteiger partial charge is 0.390 e. The van der Waals surface area contributed by atoms with Gasteiger partial charge in [-0.1, -0.05) is 20.8 Å². The van der Waals surface area contributed by atoms with Gasteiger partial charge >= 0.3 is 0 Å². The van der Waals surface area contributed by atoms with Gasteiger partial charge in [0, 0.05) is 17.8 Å². The first kappa shape index (κ1) is 11.7. The number of hydrogen-bond acceptors (Lipinski definition) is 2. The van der Waals surface area contributed by atoms with Crippen LogP contribution in [0, 0.1) is 28.6 Å². The van der Waals surface area contributed by atoms with Crippen molar-refractivity contribution in [2.24, 2.45) is 28.6 Å². The van der Waals surface area contributed by atoms with Gasteiger partial charge in [0.15, 0.2) is 0 Å². The van der Waals surface area contributed by atoms with Crippen molar-refractivity contribution < 1.29 is 9.90 Å². The van der Waals surface area contributed by atoms with Gasteiger partial charge in [-0.15, -0.1) is 0 Å². The molecule has 3 aliphatic carbocycles. The lowest BCUT2D eigenvalue weighted by atomic mass is 9.69. The average molecular weight is 236 g/mol. The minimum Gasteiger partial charge on any atom is -0.390 e. The van der Waals surface area contributed by atoms with E-state index in [1.54, 1.807) is 0 Å². The molecular formula is C15H24O2. The van der Waals surface area contributed by atoms with Gasteiger partial charge < -0.3 is 5.11 Å². The standard InChI is InChI=1S/C15H24O2/c1-13(2)9-5-6-10(16)14(3)7-8-15(4,17)12(14)11(9)13/h9,11-12,17H,5-8H2,1-4H3/t9-,11+,12+,14-,15+/m1/s1. The topological polar surface area (TPSA) is 37.3 Å². The van der Waals surface area contributed by atoms with Crippen LogP contribution >= 0.6 is 0 Å². The van der Waals surface area contributed by atoms with E-state index in [4.69, 9.17) is 0 Å². The molecule has 0 aromatic rings. The molecule has 2 heteroatoms. The molecule has 17 heavy (non-hydrogen) atoms. The van der Waals surface area contributed by atoms with Crippen LogP contribution in [0.3, 0.4) is 0 Å². The van der Waals surface area contributed by atoms with Crippen LogP contribution in [0.2, 0.25) is 0 Å². The van der Waals surface area contributed by atoms with Crippen LogP contribution in [-0.2, 0) is 4.79 Å². The highest BCUT2D eigenvalue weighted by Gasteiger charge is 2.71. The quantitative estimate of drug-likeness (QED) is 0.702. The number of rotatable bonds is 0. The average Bonchev–Trinajstić information content (AvgIpc) is 2.67. The highest BCUT2D eigenvalue weighted by Crippen LogP contribution is 2.72. The molecule has 3 aliphatic rings. The first-order valence-electron chi connectivity index (χ1n) is 6.97. The predicted octanol–water partition coefficient (Wildman–Crippen LogP) is 2.79. The Balaban J connectivity index is 2.06. The van der Waals surface area contributed by atoms with Crippen LogP contribution < -0.4 is 0 Å². The fourth-order valence-corrected chi connectivity index (χ4v) is 5.18. The Morgan fingerprint density at radius 3 is 2.47 bits per heavy atom. The molecule has 2 nitrogen and oxygen atoms in total. The van der Waals surface area contributed by atoms with Gasteiger partial charge in [-0.2, -0.15) is 0 Å². The normalized spacial score (nSPS) is 56.1. The summed E-state index contributed by atoms with van der Waals surface area (Å²) in [4.78, 5) is 12.4. The summed E-state index contributed by atoms with van der Waals surface area (Å²) in [5.41, 5.74) is -0.552. The molecule has 0 radical (unpaired) electrons. The van der Waals surface area contributed by atoms with E-state index in [-0.39, 0.29) is 11.3 Å². The van der Waals surface area contributed by atoms with Crippen molar-refractivity contribution in [1.29, 1.82) is 0 Å². The molecule has 0 spiro atoms. The fraction of sp³-hybridized carbons (Fsp3) is 0.933. The van der Waals surface area contributed by atoms with Gasteiger partial charge in [-0.05, 0) is 43.4 Å². The number of ketones is 1. The van der Waals surface area contributed by atoms with Crippen molar-refractivity contribution in [3.05, 3.63) is 0 Å². The van der Waals surface area contributed by atoms with Crippen molar-refractivity contribution in [3.8, 4) is 0 Å². The summed E-state index contributed by atoms with van der Waals surface area (Å²) in [6.45, 7) is 8.69. The van der Waals surface area contributed by atoms with E-state index >= 15 is 0 Å². The maximum atomic E-state index is 12.4. The number of carbonyl (C=O) groups is 1. The van der Waals surface area contributed by atoms with Gasteiger partial charge in [-0.3, -0.25) is 4.79 Å². The molecule has 0 amide bonds. The summed E-state index contributed by atoms with van der Waals surface area (Å²) >= 11 is 0. The maximum Gasteiger partial charge on any atom is 0.139 e. The second kappa shape index (κ2) is 2.96. The molecular weight excluding hydrogens is 212 g/mol. The minimum atomic E-state index is -0.633. The van der Waals surface area contributed by atoms with Crippen molar-refractivity contribution in [2.75, 3.05) is 0 Å². The summed E-state index contributed by atoms with van der Waals surface area (Å²) in [7, 11) is 0. The van der Waals surface area contributed by atoms with E-state index in [2.05, 4.69) is 20.8 Å². The Morgan fingerprint density at radius 1 is 1.18 bits per heavy atom. The third-order valence-corrected chi connectivity index (χ3v) is 6.32. The third-order valence-electron chi connectivity index (χ3n) is 6.32. The summed E-state index contributed by atoms with van der Waals surface area (Å²) < 4.78 is 0. The molecule has 0 aromatic carbocycles. The molecule has 0 saturated heterocycles. The van der Waals surface area contributed by atoms with Crippen LogP contribution in [0.5, 0.6) is 0 Å². The van der Waals surface area contributed by atoms with Crippen LogP contribution in [-0.4, -0.2) is 16.5 Å². The van der Waals surface area contributed by atoms with E-state index in [0.717, 1.165) is 25.7 Å². The number of fused-ring (bicyclic) bond motifs is 3. The summed E-state index contributed by atoms with van der Waals surface area (Å²) in [6.07, 6.45) is 3.44. The van der Waals surface area contributed by atoms with Gasteiger partial charge in [0.05, 0.1) is 5.60 Å². The molecule has 96 valence electrons. The van der Waals surface area contributed by atoms with Crippen LogP contribution in [0.1, 0.15) is 53.4 Å². The number of carbonyl (C=O) groups excluding carboxylic acids is 1. The molecule has 0 aliphatic heterocycles. The Hall–Kier alpha value is -0.370. The highest BCUT2D eigenvalue weighted by molar-refractivity contribution is 5.86. The summed E-state index contributed by atoms with van der Waals surface area (Å²) in [6, 6.07) is 0. The Morgan fingerprint density at radius 2 is 1.82 bits per heavy atom. The van der Waals surface area contributed by atoms with Crippen molar-refractivity contribution in [3.63, 3.8) is 0 Å². The van der Waals surface area contributed by atoms with Crippen LogP contribution in [0.15, 0.2) is 0 Å². The zero-order chi connectivity index (χ0) is 12.6. The van der Waals surface area contributed by atoms with E-state index in [1.807, 2.05) is 6.92 Å². The molecule has 3 fully saturated rings. The zero-order valence-corrected chi connectivity index (χ0v) is 11.4. The number of hydrogen-bond donors (Lipinski definition) is 1. The van der Waals surface area contributed by atoms with E-state index in [0.29, 0.717) is 23.0 Å². The van der Waals surface area contributed by atoms with Crippen LogP contribution in [0.25, 0.3) is 0 Å². The lowest BCUT2D eigenvalue weighted by molar-refractivity contribution is -0.133. The van der Waals surface area contributed by atoms with E-state index < -0.39 is 5.60 Å². The lowest BCUT2D eigenvalue weighted by Gasteiger charge is -2.36. The van der Waals surface area contributed by atoms with Crippen molar-refractivity contribution in [1.82, 2.24) is 0 Å². The fourth-order valence-electron chi connectivity index (χ4n) is 5.18. The lowest BCUT2D eigenvalue weighted by Crippen LogP contribution is -2.42. The smallest absolute Gasteiger partial charge is 0.139 e. The molecule has 0 heterocycles. The minimum absolute atomic E-state index is 0.185. The predicted molar refractivity (Wildman–Crippen MR) is 66.5 cm³/mol. The second-order valence-corrected chi connectivity index (χ2v) is 7.67. The van der Waals surface area contributed by atoms with E-state index in [9.17, 15) is 9.90 Å². The first-order valence-corrected chi connectivity index (χ1v) is 6.97. The molecule has 3 rings (SSSR count). The van der Waals surface area contributed by atoms with Crippen LogP contribution in [0.4, 0.5) is 0 Å². The van der Waals surface area contributed by atoms with Gasteiger partial charge in [0.2, 0.25) is 0 Å². The first-order chi connectivity index (χ1) is 7.71. The monoisotopic (exact) mass is 236 g/mol. The van der Waals surface area contributed by atoms with Gasteiger partial charge in [0.1, 0.15) is 5.78 Å². The van der Waals surface area contributed by atoms with Crippen molar-refractivity contribution >= 4 is 5.78 Å². The molecule has 3 saturated carbocycles. The van der Waals surface area contributed by atoms with Gasteiger partial charge in [0.25, 0.3) is 0 Å². The molecule has 1 N–H and O–H groups in total. The highest BCUT2D eigenvalue weighted by atomic mass is 16.3. The third kappa shape index (κ3) is 1.28. The molecule has 0 bridgehead atoms. The number of aliphatic hydroxyl groups is 1. The Labute approximate surface area is 104 Å². The molecule has 5 atom stereocenters. The van der Waals surface area contributed by atoms with E-state index in [1.165, 1.54) is 0 Å². The SMILES string of the molecule is CC1(C)[C@H]2[C@H]1CCC(=O)[C@@]1(C)CC[C@](C)(O)[C@@H]21. The zero-order valence-electron chi connectivity index (χ0n) is 11.4. The molecule has 0 aromatic heterocycles. The Kier molecular flexibility index (Phi) is 2.04. The Bertz CT molecular complexity index is 382.